The van der Waals surface area contributed by atoms with Gasteiger partial charge in [0, 0.05) is 37.5 Å². The minimum absolute atomic E-state index is 0.125. The second-order valence-electron chi connectivity index (χ2n) is 7.44. The second-order valence-corrected chi connectivity index (χ2v) is 7.85. The number of halogens is 4. The van der Waals surface area contributed by atoms with Gasteiger partial charge in [-0.25, -0.2) is 4.98 Å². The van der Waals surface area contributed by atoms with E-state index in [9.17, 15) is 18.0 Å². The Bertz CT molecular complexity index is 834. The first-order valence-electron chi connectivity index (χ1n) is 9.03. The lowest BCUT2D eigenvalue weighted by Gasteiger charge is -2.11. The number of aryl methyl sites for hydroxylation is 1. The highest BCUT2D eigenvalue weighted by atomic mass is 35.5. The number of carbonyl (C=O) groups excluding carboxylic acids is 1. The Morgan fingerprint density at radius 1 is 1.24 bits per heavy atom. The number of aromatic nitrogens is 3. The molecule has 1 amide bonds. The number of pyridine rings is 1. The third kappa shape index (κ3) is 7.19. The molecule has 0 aliphatic carbocycles. The van der Waals surface area contributed by atoms with Crippen LogP contribution in [0, 0.1) is 0 Å². The van der Waals surface area contributed by atoms with E-state index in [0.717, 1.165) is 6.07 Å². The smallest absolute Gasteiger partial charge is 0.367 e. The molecule has 0 saturated heterocycles. The van der Waals surface area contributed by atoms with Crippen LogP contribution < -0.4 is 10.6 Å². The lowest BCUT2D eigenvalue weighted by Crippen LogP contribution is -2.28. The SMILES string of the molecule is CC(C)(C)c1noc(CCCC(=O)NCCNc2ncc(C(F)(F)F)cc2Cl)n1. The number of hydrogen-bond acceptors (Lipinski definition) is 6. The third-order valence-corrected chi connectivity index (χ3v) is 4.13. The summed E-state index contributed by atoms with van der Waals surface area (Å²) in [6.45, 7) is 6.48. The molecule has 0 unspecified atom stereocenters. The highest BCUT2D eigenvalue weighted by Gasteiger charge is 2.31. The Kier molecular flexibility index (Phi) is 7.45. The molecule has 160 valence electrons. The molecule has 29 heavy (non-hydrogen) atoms. The largest absolute Gasteiger partial charge is 0.417 e. The molecule has 2 heterocycles. The fourth-order valence-corrected chi connectivity index (χ4v) is 2.49. The Labute approximate surface area is 171 Å². The van der Waals surface area contributed by atoms with Crippen LogP contribution in [-0.4, -0.2) is 34.1 Å². The standard InChI is InChI=1S/C18H23ClF3N5O2/c1-17(2,3)16-26-14(29-27-16)6-4-5-13(28)23-7-8-24-15-12(19)9-11(10-25-15)18(20,21)22/h9-10H,4-8H2,1-3H3,(H,23,28)(H,24,25). The van der Waals surface area contributed by atoms with Crippen LogP contribution in [0.5, 0.6) is 0 Å². The topological polar surface area (TPSA) is 92.9 Å². The van der Waals surface area contributed by atoms with Gasteiger partial charge in [0.05, 0.1) is 10.6 Å². The van der Waals surface area contributed by atoms with Gasteiger partial charge in [0.25, 0.3) is 0 Å². The van der Waals surface area contributed by atoms with E-state index in [1.807, 2.05) is 20.8 Å². The number of alkyl halides is 3. The van der Waals surface area contributed by atoms with Crippen molar-refractivity contribution in [3.05, 3.63) is 34.6 Å². The average Bonchev–Trinajstić information content (AvgIpc) is 3.08. The minimum Gasteiger partial charge on any atom is -0.367 e. The van der Waals surface area contributed by atoms with Crippen molar-refractivity contribution in [1.29, 1.82) is 0 Å². The fraction of sp³-hybridized carbons (Fsp3) is 0.556. The molecular formula is C18H23ClF3N5O2. The number of amides is 1. The van der Waals surface area contributed by atoms with Crippen molar-refractivity contribution in [3.8, 4) is 0 Å². The maximum atomic E-state index is 12.6. The van der Waals surface area contributed by atoms with Crippen molar-refractivity contribution in [1.82, 2.24) is 20.4 Å². The molecule has 0 radical (unpaired) electrons. The first-order valence-corrected chi connectivity index (χ1v) is 9.41. The molecule has 0 aromatic carbocycles. The van der Waals surface area contributed by atoms with Crippen LogP contribution in [0.3, 0.4) is 0 Å². The zero-order valence-corrected chi connectivity index (χ0v) is 17.1. The average molecular weight is 434 g/mol. The molecule has 0 fully saturated rings. The van der Waals surface area contributed by atoms with Gasteiger partial charge in [-0.05, 0) is 12.5 Å². The number of anilines is 1. The van der Waals surface area contributed by atoms with Gasteiger partial charge in [0.15, 0.2) is 5.82 Å². The normalized spacial score (nSPS) is 12.1. The lowest BCUT2D eigenvalue weighted by molar-refractivity contribution is -0.137. The summed E-state index contributed by atoms with van der Waals surface area (Å²) in [6, 6.07) is 0.804. The molecule has 0 saturated carbocycles. The highest BCUT2D eigenvalue weighted by Crippen LogP contribution is 2.32. The van der Waals surface area contributed by atoms with Crippen molar-refractivity contribution in [2.75, 3.05) is 18.4 Å². The quantitative estimate of drug-likeness (QED) is 0.611. The molecule has 0 aliphatic heterocycles. The van der Waals surface area contributed by atoms with Crippen molar-refractivity contribution >= 4 is 23.3 Å². The van der Waals surface area contributed by atoms with E-state index < -0.39 is 11.7 Å². The second kappa shape index (κ2) is 9.43. The molecule has 0 spiro atoms. The van der Waals surface area contributed by atoms with Crippen LogP contribution in [0.4, 0.5) is 19.0 Å². The summed E-state index contributed by atoms with van der Waals surface area (Å²) in [5.41, 5.74) is -1.12. The molecule has 0 bridgehead atoms. The monoisotopic (exact) mass is 433 g/mol. The van der Waals surface area contributed by atoms with Crippen molar-refractivity contribution < 1.29 is 22.5 Å². The van der Waals surface area contributed by atoms with Crippen LogP contribution in [-0.2, 0) is 22.8 Å². The number of hydrogen-bond donors (Lipinski definition) is 2. The number of nitrogens with zero attached hydrogens (tertiary/aromatic N) is 3. The number of carbonyl (C=O) groups is 1. The van der Waals surface area contributed by atoms with Gasteiger partial charge in [-0.1, -0.05) is 37.5 Å². The number of rotatable bonds is 8. The first kappa shape index (κ1) is 22.9. The molecule has 2 aromatic heterocycles. The van der Waals surface area contributed by atoms with Crippen LogP contribution >= 0.6 is 11.6 Å². The van der Waals surface area contributed by atoms with Gasteiger partial charge >= 0.3 is 6.18 Å². The predicted octanol–water partition coefficient (Wildman–Crippen LogP) is 3.99. The number of nitrogens with one attached hydrogen (secondary N) is 2. The Morgan fingerprint density at radius 3 is 2.55 bits per heavy atom. The molecule has 2 rings (SSSR count). The molecule has 7 nitrogen and oxygen atoms in total. The molecule has 11 heteroatoms. The van der Waals surface area contributed by atoms with Gasteiger partial charge < -0.3 is 15.2 Å². The summed E-state index contributed by atoms with van der Waals surface area (Å²) in [5, 5.41) is 9.28. The van der Waals surface area contributed by atoms with Crippen molar-refractivity contribution in [2.45, 2.75) is 51.6 Å². The lowest BCUT2D eigenvalue weighted by atomic mass is 9.96. The fourth-order valence-electron chi connectivity index (χ4n) is 2.26. The summed E-state index contributed by atoms with van der Waals surface area (Å²) in [4.78, 5) is 19.8. The molecule has 2 N–H and O–H groups in total. The van der Waals surface area contributed by atoms with Crippen molar-refractivity contribution in [3.63, 3.8) is 0 Å². The highest BCUT2D eigenvalue weighted by molar-refractivity contribution is 6.32. The Balaban J connectivity index is 1.67. The van der Waals surface area contributed by atoms with Gasteiger partial charge in [-0.3, -0.25) is 4.79 Å². The minimum atomic E-state index is -4.50. The summed E-state index contributed by atoms with van der Waals surface area (Å²) in [5.74, 6) is 1.08. The maximum absolute atomic E-state index is 12.6. The van der Waals surface area contributed by atoms with Crippen LogP contribution in [0.1, 0.15) is 50.9 Å². The van der Waals surface area contributed by atoms with E-state index >= 15 is 0 Å². The van der Waals surface area contributed by atoms with E-state index in [1.54, 1.807) is 0 Å². The van der Waals surface area contributed by atoms with Gasteiger partial charge in [-0.15, -0.1) is 0 Å². The van der Waals surface area contributed by atoms with E-state index in [2.05, 4.69) is 25.8 Å². The Hall–Kier alpha value is -2.36. The van der Waals surface area contributed by atoms with Gasteiger partial charge in [0.2, 0.25) is 11.8 Å². The predicted molar refractivity (Wildman–Crippen MR) is 102 cm³/mol. The van der Waals surface area contributed by atoms with E-state index in [4.69, 9.17) is 16.1 Å². The first-order chi connectivity index (χ1) is 13.5. The molecule has 2 aromatic rings. The zero-order valence-electron chi connectivity index (χ0n) is 16.4. The molecule has 0 atom stereocenters. The summed E-state index contributed by atoms with van der Waals surface area (Å²) in [6.07, 6.45) is -2.46. The Morgan fingerprint density at radius 2 is 1.97 bits per heavy atom. The van der Waals surface area contributed by atoms with Gasteiger partial charge in [0.1, 0.15) is 5.82 Å². The van der Waals surface area contributed by atoms with Crippen LogP contribution in [0.15, 0.2) is 16.8 Å². The van der Waals surface area contributed by atoms with E-state index in [1.165, 1.54) is 0 Å². The summed E-state index contributed by atoms with van der Waals surface area (Å²) >= 11 is 5.80. The summed E-state index contributed by atoms with van der Waals surface area (Å²) < 4.78 is 42.9. The van der Waals surface area contributed by atoms with Crippen LogP contribution in [0.25, 0.3) is 0 Å². The molecular weight excluding hydrogens is 411 g/mol. The maximum Gasteiger partial charge on any atom is 0.417 e. The van der Waals surface area contributed by atoms with Gasteiger partial charge in [-0.2, -0.15) is 18.2 Å². The van der Waals surface area contributed by atoms with Crippen LogP contribution in [0.2, 0.25) is 5.02 Å². The summed E-state index contributed by atoms with van der Waals surface area (Å²) in [7, 11) is 0. The van der Waals surface area contributed by atoms with Crippen molar-refractivity contribution in [2.24, 2.45) is 0 Å². The molecule has 0 aliphatic rings. The zero-order chi connectivity index (χ0) is 21.7. The third-order valence-electron chi connectivity index (χ3n) is 3.84. The van der Waals surface area contributed by atoms with E-state index in [-0.39, 0.29) is 41.7 Å². The van der Waals surface area contributed by atoms with E-state index in [0.29, 0.717) is 30.8 Å².